The third-order valence-corrected chi connectivity index (χ3v) is 3.80. The van der Waals surface area contributed by atoms with E-state index in [1.54, 1.807) is 6.33 Å². The molecule has 1 aliphatic rings. The van der Waals surface area contributed by atoms with Crippen molar-refractivity contribution in [2.75, 3.05) is 5.32 Å². The number of imidazole rings is 1. The van der Waals surface area contributed by atoms with Gasteiger partial charge in [-0.1, -0.05) is 0 Å². The van der Waals surface area contributed by atoms with E-state index in [9.17, 15) is 8.78 Å². The molecule has 0 saturated heterocycles. The van der Waals surface area contributed by atoms with Crippen LogP contribution in [0.3, 0.4) is 0 Å². The van der Waals surface area contributed by atoms with Crippen LogP contribution in [-0.2, 0) is 6.54 Å². The van der Waals surface area contributed by atoms with Gasteiger partial charge in [0.2, 0.25) is 5.92 Å². The number of anilines is 1. The van der Waals surface area contributed by atoms with E-state index >= 15 is 0 Å². The zero-order valence-corrected chi connectivity index (χ0v) is 11.3. The van der Waals surface area contributed by atoms with E-state index in [1.165, 1.54) is 6.33 Å². The van der Waals surface area contributed by atoms with Crippen LogP contribution in [0.15, 0.2) is 12.7 Å². The summed E-state index contributed by atoms with van der Waals surface area (Å²) in [5.74, 6) is -1.87. The summed E-state index contributed by atoms with van der Waals surface area (Å²) >= 11 is 0. The molecule has 3 rings (SSSR count). The highest BCUT2D eigenvalue weighted by atomic mass is 19.3. The van der Waals surface area contributed by atoms with Crippen molar-refractivity contribution in [3.05, 3.63) is 12.7 Å². The summed E-state index contributed by atoms with van der Waals surface area (Å²) in [6, 6.07) is 0.0273. The molecule has 0 aromatic carbocycles. The highest BCUT2D eigenvalue weighted by Crippen LogP contribution is 2.34. The van der Waals surface area contributed by atoms with Crippen LogP contribution in [0.4, 0.5) is 14.6 Å². The number of nitrogens with one attached hydrogen (secondary N) is 1. The molecule has 0 spiro atoms. The SMILES string of the molecule is CCn1cnc2c(NC3CCC(F)(F)CC3)ncnc21. The summed E-state index contributed by atoms with van der Waals surface area (Å²) in [7, 11) is 0. The quantitative estimate of drug-likeness (QED) is 0.940. The van der Waals surface area contributed by atoms with Crippen molar-refractivity contribution < 1.29 is 8.78 Å². The van der Waals surface area contributed by atoms with Crippen LogP contribution >= 0.6 is 0 Å². The maximum Gasteiger partial charge on any atom is 0.248 e. The van der Waals surface area contributed by atoms with Crippen LogP contribution in [0.25, 0.3) is 11.2 Å². The summed E-state index contributed by atoms with van der Waals surface area (Å²) in [4.78, 5) is 12.7. The molecule has 108 valence electrons. The summed E-state index contributed by atoms with van der Waals surface area (Å²) in [5, 5.41) is 3.24. The fourth-order valence-electron chi connectivity index (χ4n) is 2.60. The van der Waals surface area contributed by atoms with E-state index in [0.29, 0.717) is 24.2 Å². The second-order valence-corrected chi connectivity index (χ2v) is 5.20. The normalized spacial score (nSPS) is 19.4. The Morgan fingerprint density at radius 1 is 1.30 bits per heavy atom. The first-order chi connectivity index (χ1) is 9.59. The molecular formula is C13H17F2N5. The summed E-state index contributed by atoms with van der Waals surface area (Å²) < 4.78 is 28.2. The molecule has 2 heterocycles. The minimum atomic E-state index is -2.51. The topological polar surface area (TPSA) is 55.6 Å². The molecule has 20 heavy (non-hydrogen) atoms. The van der Waals surface area contributed by atoms with Gasteiger partial charge in [-0.15, -0.1) is 0 Å². The molecule has 7 heteroatoms. The van der Waals surface area contributed by atoms with Crippen LogP contribution in [0.2, 0.25) is 0 Å². The van der Waals surface area contributed by atoms with E-state index < -0.39 is 5.92 Å². The summed E-state index contributed by atoms with van der Waals surface area (Å²) in [6.07, 6.45) is 3.97. The van der Waals surface area contributed by atoms with Crippen molar-refractivity contribution in [3.8, 4) is 0 Å². The zero-order chi connectivity index (χ0) is 14.2. The average Bonchev–Trinajstić information content (AvgIpc) is 2.85. The Bertz CT molecular complexity index is 600. The minimum absolute atomic E-state index is 0.0273. The highest BCUT2D eigenvalue weighted by molar-refractivity contribution is 5.82. The van der Waals surface area contributed by atoms with E-state index in [-0.39, 0.29) is 18.9 Å². The first kappa shape index (κ1) is 13.2. The van der Waals surface area contributed by atoms with Crippen molar-refractivity contribution >= 4 is 17.0 Å². The zero-order valence-electron chi connectivity index (χ0n) is 11.3. The summed E-state index contributed by atoms with van der Waals surface area (Å²) in [5.41, 5.74) is 1.47. The van der Waals surface area contributed by atoms with E-state index in [1.807, 2.05) is 11.5 Å². The Labute approximate surface area is 115 Å². The Morgan fingerprint density at radius 3 is 2.75 bits per heavy atom. The number of aryl methyl sites for hydroxylation is 1. The van der Waals surface area contributed by atoms with Crippen molar-refractivity contribution in [1.82, 2.24) is 19.5 Å². The Kier molecular flexibility index (Phi) is 3.27. The number of hydrogen-bond donors (Lipinski definition) is 1. The van der Waals surface area contributed by atoms with Gasteiger partial charge in [0.1, 0.15) is 11.8 Å². The van der Waals surface area contributed by atoms with Crippen molar-refractivity contribution in [2.24, 2.45) is 0 Å². The lowest BCUT2D eigenvalue weighted by Crippen LogP contribution is -2.32. The van der Waals surface area contributed by atoms with Gasteiger partial charge in [0.15, 0.2) is 11.5 Å². The largest absolute Gasteiger partial charge is 0.365 e. The molecule has 5 nitrogen and oxygen atoms in total. The van der Waals surface area contributed by atoms with Gasteiger partial charge in [0.25, 0.3) is 0 Å². The molecule has 0 radical (unpaired) electrons. The first-order valence-corrected chi connectivity index (χ1v) is 6.89. The molecule has 1 aliphatic carbocycles. The molecule has 1 N–H and O–H groups in total. The predicted octanol–water partition coefficient (Wildman–Crippen LogP) is 2.84. The Morgan fingerprint density at radius 2 is 2.05 bits per heavy atom. The van der Waals surface area contributed by atoms with Crippen molar-refractivity contribution in [1.29, 1.82) is 0 Å². The molecule has 0 aliphatic heterocycles. The fraction of sp³-hybridized carbons (Fsp3) is 0.615. The van der Waals surface area contributed by atoms with Gasteiger partial charge in [-0.2, -0.15) is 0 Å². The molecule has 1 fully saturated rings. The average molecular weight is 281 g/mol. The van der Waals surface area contributed by atoms with E-state index in [4.69, 9.17) is 0 Å². The fourth-order valence-corrected chi connectivity index (χ4v) is 2.60. The number of alkyl halides is 2. The first-order valence-electron chi connectivity index (χ1n) is 6.89. The Balaban J connectivity index is 1.80. The van der Waals surface area contributed by atoms with Crippen LogP contribution in [0.5, 0.6) is 0 Å². The smallest absolute Gasteiger partial charge is 0.248 e. The molecular weight excluding hydrogens is 264 g/mol. The second kappa shape index (κ2) is 4.96. The van der Waals surface area contributed by atoms with Crippen LogP contribution in [0.1, 0.15) is 32.6 Å². The molecule has 2 aromatic heterocycles. The molecule has 0 amide bonds. The summed E-state index contributed by atoms with van der Waals surface area (Å²) in [6.45, 7) is 2.79. The molecule has 1 saturated carbocycles. The standard InChI is InChI=1S/C13H17F2N5/c1-2-20-8-18-10-11(16-7-17-12(10)20)19-9-3-5-13(14,15)6-4-9/h7-9H,2-6H2,1H3,(H,16,17,19). The van der Waals surface area contributed by atoms with Crippen LogP contribution in [0, 0.1) is 0 Å². The number of halogens is 2. The van der Waals surface area contributed by atoms with Gasteiger partial charge in [-0.25, -0.2) is 23.7 Å². The minimum Gasteiger partial charge on any atom is -0.365 e. The number of rotatable bonds is 3. The third kappa shape index (κ3) is 2.44. The maximum absolute atomic E-state index is 13.1. The van der Waals surface area contributed by atoms with Gasteiger partial charge in [0, 0.05) is 25.4 Å². The van der Waals surface area contributed by atoms with E-state index in [0.717, 1.165) is 12.2 Å². The van der Waals surface area contributed by atoms with E-state index in [2.05, 4.69) is 20.3 Å². The lowest BCUT2D eigenvalue weighted by Gasteiger charge is -2.29. The third-order valence-electron chi connectivity index (χ3n) is 3.80. The molecule has 0 bridgehead atoms. The predicted molar refractivity (Wildman–Crippen MR) is 71.8 cm³/mol. The number of hydrogen-bond acceptors (Lipinski definition) is 4. The van der Waals surface area contributed by atoms with Crippen molar-refractivity contribution in [3.63, 3.8) is 0 Å². The number of fused-ring (bicyclic) bond motifs is 1. The monoisotopic (exact) mass is 281 g/mol. The number of nitrogens with zero attached hydrogens (tertiary/aromatic N) is 4. The van der Waals surface area contributed by atoms with Crippen molar-refractivity contribution in [2.45, 2.75) is 51.1 Å². The highest BCUT2D eigenvalue weighted by Gasteiger charge is 2.35. The Hall–Kier alpha value is -1.79. The van der Waals surface area contributed by atoms with Crippen LogP contribution in [-0.4, -0.2) is 31.5 Å². The van der Waals surface area contributed by atoms with Crippen LogP contribution < -0.4 is 5.32 Å². The molecule has 0 unspecified atom stereocenters. The van der Waals surface area contributed by atoms with Gasteiger partial charge in [-0.05, 0) is 19.8 Å². The van der Waals surface area contributed by atoms with Gasteiger partial charge >= 0.3 is 0 Å². The van der Waals surface area contributed by atoms with Gasteiger partial charge in [0.05, 0.1) is 6.33 Å². The second-order valence-electron chi connectivity index (χ2n) is 5.20. The molecule has 2 aromatic rings. The lowest BCUT2D eigenvalue weighted by molar-refractivity contribution is -0.0361. The maximum atomic E-state index is 13.1. The molecule has 0 atom stereocenters. The lowest BCUT2D eigenvalue weighted by atomic mass is 9.92. The van der Waals surface area contributed by atoms with Gasteiger partial charge in [-0.3, -0.25) is 0 Å². The van der Waals surface area contributed by atoms with Gasteiger partial charge < -0.3 is 9.88 Å². The number of aromatic nitrogens is 4.